The molecule has 0 aromatic rings. The Kier molecular flexibility index (Phi) is 48.1. The fraction of sp³-hybridized carbons (Fsp3) is 0. The van der Waals surface area contributed by atoms with E-state index in [4.69, 9.17) is 14.2 Å². The fourth-order valence-electron chi connectivity index (χ4n) is 0. The zero-order chi connectivity index (χ0) is 5.41. The van der Waals surface area contributed by atoms with Crippen LogP contribution in [-0.2, 0) is 8.92 Å². The molecule has 0 atom stereocenters. The van der Waals surface area contributed by atoms with E-state index in [-0.39, 0.29) is 0 Å². The quantitative estimate of drug-likeness (QED) is 0.237. The molecule has 5 heteroatoms. The van der Waals surface area contributed by atoms with Crippen LogP contribution in [0.1, 0.15) is 0 Å². The van der Waals surface area contributed by atoms with Gasteiger partial charge in [-0.25, -0.2) is 0 Å². The van der Waals surface area contributed by atoms with E-state index < -0.39 is 9.29 Å². The smallest absolute Gasteiger partial charge is 0.337 e. The molecule has 0 radical (unpaired) electrons. The molecule has 0 aromatic heterocycles. The third kappa shape index (κ3) is 17.3. The lowest BCUT2D eigenvalue weighted by Crippen LogP contribution is -1.69. The number of rotatable bonds is 0. The van der Waals surface area contributed by atoms with Gasteiger partial charge >= 0.3 is 9.29 Å². The normalized spacial score (nSPS) is 2.50. The zero-order valence-corrected chi connectivity index (χ0v) is 3.84. The van der Waals surface area contributed by atoms with E-state index in [2.05, 4.69) is 5.73 Å². The average Bonchev–Trinajstić information content (AvgIpc) is 1.39. The summed E-state index contributed by atoms with van der Waals surface area (Å²) in [7, 11) is -1.42. The van der Waals surface area contributed by atoms with Crippen molar-refractivity contribution in [1.29, 1.82) is 5.26 Å². The highest BCUT2D eigenvalue weighted by molar-refractivity contribution is 5.94. The van der Waals surface area contributed by atoms with Gasteiger partial charge in [0.1, 0.15) is 0 Å². The van der Waals surface area contributed by atoms with Crippen molar-refractivity contribution in [3.8, 4) is 6.19 Å². The Labute approximate surface area is 36.5 Å². The number of hydrogen-bond donors (Lipinski definition) is 1. The molecule has 0 saturated heterocycles. The first-order valence-corrected chi connectivity index (χ1v) is 1.74. The summed E-state index contributed by atoms with van der Waals surface area (Å²) < 4.78 is 16.8. The SMILES string of the molecule is N#CN.O=[Si]=O. The van der Waals surface area contributed by atoms with Gasteiger partial charge in [0.2, 0.25) is 0 Å². The second-order valence-electron chi connectivity index (χ2n) is 0.212. The largest absolute Gasteiger partial charge is 0.549 e. The van der Waals surface area contributed by atoms with Crippen LogP contribution in [0.4, 0.5) is 0 Å². The topological polar surface area (TPSA) is 83.9 Å². The molecular weight excluding hydrogens is 100 g/mol. The van der Waals surface area contributed by atoms with E-state index >= 15 is 0 Å². The molecule has 0 saturated carbocycles. The number of nitriles is 1. The lowest BCUT2D eigenvalue weighted by molar-refractivity contribution is 0.497. The molecule has 0 aliphatic heterocycles. The van der Waals surface area contributed by atoms with E-state index in [0.717, 1.165) is 0 Å². The van der Waals surface area contributed by atoms with E-state index in [1.807, 2.05) is 0 Å². The molecule has 0 amide bonds. The molecule has 0 spiro atoms. The van der Waals surface area contributed by atoms with Crippen LogP contribution in [-0.4, -0.2) is 9.29 Å². The van der Waals surface area contributed by atoms with E-state index in [9.17, 15) is 0 Å². The fourth-order valence-corrected chi connectivity index (χ4v) is 0. The van der Waals surface area contributed by atoms with E-state index in [1.165, 1.54) is 6.19 Å². The molecule has 6 heavy (non-hydrogen) atoms. The van der Waals surface area contributed by atoms with Gasteiger partial charge in [-0.15, -0.1) is 0 Å². The highest BCUT2D eigenvalue weighted by Gasteiger charge is 1.22. The minimum absolute atomic E-state index is 1.25. The van der Waals surface area contributed by atoms with E-state index in [0.29, 0.717) is 0 Å². The van der Waals surface area contributed by atoms with Crippen LogP contribution in [0.5, 0.6) is 0 Å². The van der Waals surface area contributed by atoms with Gasteiger partial charge in [-0.1, -0.05) is 0 Å². The summed E-state index contributed by atoms with van der Waals surface area (Å²) in [6.45, 7) is 0. The van der Waals surface area contributed by atoms with Gasteiger partial charge in [-0.05, 0) is 0 Å². The van der Waals surface area contributed by atoms with Gasteiger partial charge in [0.05, 0.1) is 0 Å². The Morgan fingerprint density at radius 3 is 1.67 bits per heavy atom. The zero-order valence-electron chi connectivity index (χ0n) is 2.84. The van der Waals surface area contributed by atoms with Crippen molar-refractivity contribution in [3.05, 3.63) is 0 Å². The summed E-state index contributed by atoms with van der Waals surface area (Å²) in [4.78, 5) is 0. The molecule has 2 N–H and O–H groups in total. The van der Waals surface area contributed by atoms with Crippen molar-refractivity contribution < 1.29 is 8.92 Å². The van der Waals surface area contributed by atoms with Crippen molar-refractivity contribution in [1.82, 2.24) is 0 Å². The lowest BCUT2D eigenvalue weighted by atomic mass is 11.5. The highest BCUT2D eigenvalue weighted by Crippen LogP contribution is 0.900. The second kappa shape index (κ2) is 32.4. The summed E-state index contributed by atoms with van der Waals surface area (Å²) in [5.41, 5.74) is 4.15. The van der Waals surface area contributed by atoms with Crippen molar-refractivity contribution in [2.75, 3.05) is 0 Å². The van der Waals surface area contributed by atoms with Gasteiger partial charge in [-0.2, -0.15) is 5.26 Å². The van der Waals surface area contributed by atoms with Crippen molar-refractivity contribution >= 4 is 9.29 Å². The van der Waals surface area contributed by atoms with Crippen LogP contribution in [0.3, 0.4) is 0 Å². The monoisotopic (exact) mass is 102 g/mol. The maximum Gasteiger partial charge on any atom is 0.549 e. The van der Waals surface area contributed by atoms with Crippen LogP contribution >= 0.6 is 0 Å². The van der Waals surface area contributed by atoms with Gasteiger partial charge in [0.15, 0.2) is 6.19 Å². The van der Waals surface area contributed by atoms with Crippen LogP contribution < -0.4 is 5.73 Å². The molecular formula is CH2N2O2Si. The summed E-state index contributed by atoms with van der Waals surface area (Å²) in [6.07, 6.45) is 1.25. The predicted octanol–water partition coefficient (Wildman–Crippen LogP) is -1.19. The molecule has 0 aromatic carbocycles. The molecule has 0 aliphatic carbocycles. The standard InChI is InChI=1S/CH2N2.O2Si/c2-1-3;1-3-2/h2H2;. The number of hydrogen-bond acceptors (Lipinski definition) is 4. The third-order valence-corrected chi connectivity index (χ3v) is 0. The maximum atomic E-state index is 8.40. The van der Waals surface area contributed by atoms with Crippen LogP contribution in [0, 0.1) is 11.5 Å². The number of nitrogens with two attached hydrogens (primary N) is 1. The Morgan fingerprint density at radius 2 is 1.67 bits per heavy atom. The molecule has 0 heterocycles. The average molecular weight is 102 g/mol. The summed E-state index contributed by atoms with van der Waals surface area (Å²) in [5.74, 6) is 0. The first-order valence-electron chi connectivity index (χ1n) is 0.921. The second-order valence-corrected chi connectivity index (χ2v) is 0.379. The first kappa shape index (κ1) is 8.92. The van der Waals surface area contributed by atoms with Crippen LogP contribution in [0.15, 0.2) is 0 Å². The van der Waals surface area contributed by atoms with Crippen molar-refractivity contribution in [2.24, 2.45) is 5.73 Å². The van der Waals surface area contributed by atoms with Crippen LogP contribution in [0.2, 0.25) is 0 Å². The Morgan fingerprint density at radius 1 is 1.67 bits per heavy atom. The molecule has 4 nitrogen and oxygen atoms in total. The lowest BCUT2D eigenvalue weighted by Gasteiger charge is -1.24. The summed E-state index contributed by atoms with van der Waals surface area (Å²) in [5, 5.41) is 7.10. The molecule has 0 rings (SSSR count). The predicted molar refractivity (Wildman–Crippen MR) is 16.9 cm³/mol. The van der Waals surface area contributed by atoms with Gasteiger partial charge in [-0.3, -0.25) is 8.92 Å². The van der Waals surface area contributed by atoms with Gasteiger partial charge in [0, 0.05) is 0 Å². The van der Waals surface area contributed by atoms with Crippen molar-refractivity contribution in [2.45, 2.75) is 0 Å². The minimum Gasteiger partial charge on any atom is -0.337 e. The van der Waals surface area contributed by atoms with Gasteiger partial charge < -0.3 is 5.73 Å². The van der Waals surface area contributed by atoms with E-state index in [1.54, 1.807) is 0 Å². The molecule has 0 aliphatic rings. The maximum absolute atomic E-state index is 8.40. The molecule has 0 unspecified atom stereocenters. The summed E-state index contributed by atoms with van der Waals surface area (Å²) >= 11 is 0. The molecule has 0 fully saturated rings. The molecule has 32 valence electrons. The number of nitrogens with zero attached hydrogens (tertiary/aromatic N) is 1. The minimum atomic E-state index is -1.42. The highest BCUT2D eigenvalue weighted by atomic mass is 28.2. The Hall–Kier alpha value is -0.893. The third-order valence-electron chi connectivity index (χ3n) is 0. The van der Waals surface area contributed by atoms with Crippen LogP contribution in [0.25, 0.3) is 0 Å². The summed E-state index contributed by atoms with van der Waals surface area (Å²) in [6, 6.07) is 0. The first-order chi connectivity index (χ1) is 2.83. The van der Waals surface area contributed by atoms with Gasteiger partial charge in [0.25, 0.3) is 0 Å². The Balaban J connectivity index is 0. The van der Waals surface area contributed by atoms with Crippen molar-refractivity contribution in [3.63, 3.8) is 0 Å². The molecule has 0 bridgehead atoms. The Bertz CT molecular complexity index is 78.0.